The summed E-state index contributed by atoms with van der Waals surface area (Å²) in [6.07, 6.45) is 4.62. The van der Waals surface area contributed by atoms with E-state index in [4.69, 9.17) is 11.6 Å². The quantitative estimate of drug-likeness (QED) is 0.298. The largest absolute Gasteiger partial charge is 0.383 e. The lowest BCUT2D eigenvalue weighted by Gasteiger charge is -2.30. The molecular formula is C27H32ClFN8. The van der Waals surface area contributed by atoms with Crippen LogP contribution in [-0.2, 0) is 0 Å². The van der Waals surface area contributed by atoms with E-state index in [1.165, 1.54) is 24.5 Å². The molecule has 37 heavy (non-hydrogen) atoms. The number of fused-ring (bicyclic) bond motifs is 1. The van der Waals surface area contributed by atoms with Crippen molar-refractivity contribution < 1.29 is 5.76 Å². The van der Waals surface area contributed by atoms with Gasteiger partial charge in [-0.3, -0.25) is 9.99 Å². The van der Waals surface area contributed by atoms with Gasteiger partial charge in [-0.05, 0) is 49.9 Å². The number of nitriles is 1. The van der Waals surface area contributed by atoms with Gasteiger partial charge in [0.2, 0.25) is 5.95 Å². The fourth-order valence-corrected chi connectivity index (χ4v) is 3.99. The molecule has 0 spiro atoms. The number of anilines is 2. The second kappa shape index (κ2) is 10.0. The average molecular weight is 524 g/mol. The molecule has 0 saturated carbocycles. The molecule has 4 N–H and O–H groups in total. The Balaban J connectivity index is 1.84. The Morgan fingerprint density at radius 3 is 2.54 bits per heavy atom. The highest BCUT2D eigenvalue weighted by Gasteiger charge is 2.28. The smallest absolute Gasteiger partial charge is 0.212 e. The van der Waals surface area contributed by atoms with Crippen molar-refractivity contribution in [3.05, 3.63) is 70.7 Å². The molecule has 0 saturated heterocycles. The van der Waals surface area contributed by atoms with Gasteiger partial charge in [-0.1, -0.05) is 38.4 Å². The van der Waals surface area contributed by atoms with Crippen LogP contribution < -0.4 is 21.6 Å². The minimum absolute atomic E-state index is 0.0412. The van der Waals surface area contributed by atoms with Crippen LogP contribution >= 0.6 is 11.6 Å². The lowest BCUT2D eigenvalue weighted by Crippen LogP contribution is -2.47. The fraction of sp³-hybridized carbons (Fsp3) is 0.370. The molecule has 1 atom stereocenters. The number of nitrogens with one attached hydrogen (secondary N) is 4. The number of hydrogen-bond donors (Lipinski definition) is 4. The second-order valence-corrected chi connectivity index (χ2v) is 11.5. The van der Waals surface area contributed by atoms with E-state index in [9.17, 15) is 11.0 Å². The molecular weight excluding hydrogens is 491 g/mol. The van der Waals surface area contributed by atoms with Crippen LogP contribution in [0.15, 0.2) is 48.6 Å². The molecule has 2 aromatic heterocycles. The van der Waals surface area contributed by atoms with Crippen LogP contribution in [0.5, 0.6) is 0 Å². The molecule has 0 aliphatic carbocycles. The van der Waals surface area contributed by atoms with Gasteiger partial charge in [0, 0.05) is 41.8 Å². The van der Waals surface area contributed by atoms with E-state index >= 15 is 0 Å². The monoisotopic (exact) mass is 523 g/mol. The molecule has 10 heteroatoms. The molecule has 3 aromatic rings. The van der Waals surface area contributed by atoms with Gasteiger partial charge >= 0.3 is 0 Å². The zero-order chi connectivity index (χ0) is 27.9. The number of hydrazine groups is 2. The third kappa shape index (κ3) is 6.04. The van der Waals surface area contributed by atoms with Crippen LogP contribution in [0.3, 0.4) is 0 Å². The summed E-state index contributed by atoms with van der Waals surface area (Å²) >= 11 is 6.67. The van der Waals surface area contributed by atoms with Crippen LogP contribution in [0.25, 0.3) is 10.9 Å². The first-order valence-corrected chi connectivity index (χ1v) is 12.3. The van der Waals surface area contributed by atoms with Crippen LogP contribution in [0, 0.1) is 22.7 Å². The highest BCUT2D eigenvalue weighted by atomic mass is 35.5. The predicted molar refractivity (Wildman–Crippen MR) is 146 cm³/mol. The highest BCUT2D eigenvalue weighted by molar-refractivity contribution is 6.35. The summed E-state index contributed by atoms with van der Waals surface area (Å²) in [5.41, 5.74) is 8.74. The first-order chi connectivity index (χ1) is 17.7. The van der Waals surface area contributed by atoms with Crippen molar-refractivity contribution in [2.24, 2.45) is 5.41 Å². The number of rotatable bonds is 6. The molecule has 1 aromatic carbocycles. The number of halogens is 2. The van der Waals surface area contributed by atoms with Gasteiger partial charge in [-0.15, -0.1) is 5.53 Å². The summed E-state index contributed by atoms with van der Waals surface area (Å²) in [5, 5.41) is 19.3. The molecule has 0 radical (unpaired) electrons. The SMILES string of the molecule is [2H][C@](Nc1cc(Cl)c2ncc(C#N)c(NCC(C)(C)C)c2c1)(C1=CN(C(C)(C)C)NN1)c1ccc(F)nc1. The summed E-state index contributed by atoms with van der Waals surface area (Å²) in [6.45, 7) is 13.0. The molecule has 0 bridgehead atoms. The van der Waals surface area contributed by atoms with Crippen molar-refractivity contribution in [2.75, 3.05) is 17.2 Å². The summed E-state index contributed by atoms with van der Waals surface area (Å²) in [5.74, 6) is -0.641. The Morgan fingerprint density at radius 1 is 1.19 bits per heavy atom. The van der Waals surface area contributed by atoms with E-state index in [1.54, 1.807) is 12.3 Å². The molecule has 4 rings (SSSR count). The van der Waals surface area contributed by atoms with Crippen molar-refractivity contribution in [3.8, 4) is 6.07 Å². The standard InChI is InChI=1S/C27H32ClFN8/c1-26(2,3)15-33-23-17(11-30)13-32-25-19(23)9-18(10-20(25)28)34-24(16-7-8-22(29)31-12-16)21-14-37(36-35-21)27(4,5)6/h7-10,12-14,24,34-36H,15H2,1-6H3,(H,32,33)/t24-/m1/s1/i24D. The number of pyridine rings is 2. The minimum Gasteiger partial charge on any atom is -0.383 e. The fourth-order valence-electron chi connectivity index (χ4n) is 3.73. The summed E-state index contributed by atoms with van der Waals surface area (Å²) in [7, 11) is 0. The van der Waals surface area contributed by atoms with Crippen molar-refractivity contribution in [3.63, 3.8) is 0 Å². The molecule has 0 amide bonds. The van der Waals surface area contributed by atoms with E-state index in [-0.39, 0.29) is 11.0 Å². The van der Waals surface area contributed by atoms with Gasteiger partial charge in [0.25, 0.3) is 0 Å². The van der Waals surface area contributed by atoms with Gasteiger partial charge < -0.3 is 16.1 Å². The van der Waals surface area contributed by atoms with E-state index in [0.717, 1.165) is 0 Å². The normalized spacial score (nSPS) is 15.9. The van der Waals surface area contributed by atoms with Crippen LogP contribution in [-0.4, -0.2) is 27.1 Å². The van der Waals surface area contributed by atoms with Crippen molar-refractivity contribution in [1.29, 1.82) is 5.26 Å². The van der Waals surface area contributed by atoms with Gasteiger partial charge in [-0.25, -0.2) is 4.98 Å². The zero-order valence-corrected chi connectivity index (χ0v) is 22.5. The molecule has 194 valence electrons. The molecule has 1 aliphatic heterocycles. The first-order valence-electron chi connectivity index (χ1n) is 12.4. The van der Waals surface area contributed by atoms with Crippen LogP contribution in [0.4, 0.5) is 15.8 Å². The predicted octanol–water partition coefficient (Wildman–Crippen LogP) is 5.87. The maximum Gasteiger partial charge on any atom is 0.212 e. The number of hydrogen-bond acceptors (Lipinski definition) is 8. The molecule has 3 heterocycles. The molecule has 8 nitrogen and oxygen atoms in total. The van der Waals surface area contributed by atoms with E-state index in [2.05, 4.69) is 58.4 Å². The van der Waals surface area contributed by atoms with Crippen molar-refractivity contribution in [2.45, 2.75) is 53.1 Å². The van der Waals surface area contributed by atoms with Gasteiger partial charge in [0.05, 0.1) is 34.9 Å². The summed E-state index contributed by atoms with van der Waals surface area (Å²) < 4.78 is 23.2. The second-order valence-electron chi connectivity index (χ2n) is 11.1. The van der Waals surface area contributed by atoms with Crippen molar-refractivity contribution in [1.82, 2.24) is 25.9 Å². The lowest BCUT2D eigenvalue weighted by molar-refractivity contribution is 0.138. The Labute approximate surface area is 223 Å². The number of benzene rings is 1. The van der Waals surface area contributed by atoms with Gasteiger partial charge in [-0.2, -0.15) is 9.65 Å². The maximum absolute atomic E-state index is 13.7. The number of aromatic nitrogens is 2. The number of nitrogens with zero attached hydrogens (tertiary/aromatic N) is 4. The van der Waals surface area contributed by atoms with E-state index < -0.39 is 12.0 Å². The van der Waals surface area contributed by atoms with Crippen LogP contribution in [0.1, 0.15) is 60.1 Å². The molecule has 1 aliphatic rings. The topological polar surface area (TPSA) is 101 Å². The highest BCUT2D eigenvalue weighted by Crippen LogP contribution is 2.36. The van der Waals surface area contributed by atoms with Crippen LogP contribution in [0.2, 0.25) is 5.02 Å². The Bertz CT molecular complexity index is 1420. The third-order valence-electron chi connectivity index (χ3n) is 5.69. The summed E-state index contributed by atoms with van der Waals surface area (Å²) in [4.78, 5) is 8.20. The third-order valence-corrected chi connectivity index (χ3v) is 5.98. The van der Waals surface area contributed by atoms with E-state index in [0.29, 0.717) is 50.7 Å². The van der Waals surface area contributed by atoms with E-state index in [1.807, 2.05) is 31.8 Å². The van der Waals surface area contributed by atoms with Crippen molar-refractivity contribution >= 4 is 33.9 Å². The Kier molecular flexibility index (Phi) is 6.80. The van der Waals surface area contributed by atoms with Gasteiger partial charge in [0.15, 0.2) is 0 Å². The average Bonchev–Trinajstić information content (AvgIpc) is 3.34. The summed E-state index contributed by atoms with van der Waals surface area (Å²) in [6, 6.07) is 6.82. The maximum atomic E-state index is 13.7. The molecule has 0 unspecified atom stereocenters. The van der Waals surface area contributed by atoms with Gasteiger partial charge in [0.1, 0.15) is 6.07 Å². The molecule has 0 fully saturated rings. The first kappa shape index (κ1) is 25.1. The lowest BCUT2D eigenvalue weighted by atomic mass is 9.96. The Morgan fingerprint density at radius 2 is 1.95 bits per heavy atom. The minimum atomic E-state index is -1.61. The Hall–Kier alpha value is -3.61. The zero-order valence-electron chi connectivity index (χ0n) is 22.8.